The van der Waals surface area contributed by atoms with Crippen molar-refractivity contribution >= 4 is 23.3 Å². The third kappa shape index (κ3) is 8.34. The molecule has 2 heterocycles. The summed E-state index contributed by atoms with van der Waals surface area (Å²) in [6, 6.07) is 24.5. The molecule has 2 fully saturated rings. The van der Waals surface area contributed by atoms with Crippen LogP contribution in [0.5, 0.6) is 0 Å². The van der Waals surface area contributed by atoms with Gasteiger partial charge in [-0.15, -0.1) is 0 Å². The zero-order valence-electron chi connectivity index (χ0n) is 25.2. The second-order valence-electron chi connectivity index (χ2n) is 11.4. The number of urea groups is 1. The first-order valence-corrected chi connectivity index (χ1v) is 15.3. The maximum absolute atomic E-state index is 13.4. The number of carbonyl (C=O) groups is 2. The zero-order valence-corrected chi connectivity index (χ0v) is 25.2. The van der Waals surface area contributed by atoms with Gasteiger partial charge in [0.05, 0.1) is 31.0 Å². The van der Waals surface area contributed by atoms with Gasteiger partial charge in [0.2, 0.25) is 5.91 Å². The van der Waals surface area contributed by atoms with Gasteiger partial charge in [-0.3, -0.25) is 4.79 Å². The molecule has 9 heteroatoms. The van der Waals surface area contributed by atoms with Crippen LogP contribution in [0.15, 0.2) is 72.8 Å². The first kappa shape index (κ1) is 30.5. The van der Waals surface area contributed by atoms with Crippen molar-refractivity contribution in [3.05, 3.63) is 83.9 Å². The molecule has 0 atom stereocenters. The number of morpholine rings is 1. The van der Waals surface area contributed by atoms with Crippen molar-refractivity contribution in [3.8, 4) is 11.1 Å². The lowest BCUT2D eigenvalue weighted by Gasteiger charge is -2.35. The minimum Gasteiger partial charge on any atom is -0.378 e. The fraction of sp³-hybridized carbons (Fsp3) is 0.412. The molecule has 3 N–H and O–H groups in total. The number of amides is 3. The minimum atomic E-state index is -0.0374. The lowest BCUT2D eigenvalue weighted by Crippen LogP contribution is -2.48. The summed E-state index contributed by atoms with van der Waals surface area (Å²) >= 11 is 0. The molecule has 2 saturated heterocycles. The average molecular weight is 585 g/mol. The second-order valence-corrected chi connectivity index (χ2v) is 11.4. The van der Waals surface area contributed by atoms with Crippen LogP contribution >= 0.6 is 0 Å². The second kappa shape index (κ2) is 15.0. The number of nitrogens with zero attached hydrogens (tertiary/aromatic N) is 4. The molecule has 9 nitrogen and oxygen atoms in total. The Morgan fingerprint density at radius 1 is 0.860 bits per heavy atom. The molecule has 0 saturated carbocycles. The number of ether oxygens (including phenoxy) is 1. The Hall–Kier alpha value is -3.92. The van der Waals surface area contributed by atoms with E-state index >= 15 is 0 Å². The number of rotatable bonds is 10. The molecule has 3 aromatic carbocycles. The van der Waals surface area contributed by atoms with E-state index in [-0.39, 0.29) is 11.9 Å². The normalized spacial score (nSPS) is 15.8. The Morgan fingerprint density at radius 2 is 1.58 bits per heavy atom. The molecule has 2 aliphatic rings. The predicted molar refractivity (Wildman–Crippen MR) is 172 cm³/mol. The van der Waals surface area contributed by atoms with Crippen LogP contribution in [-0.4, -0.2) is 99.3 Å². The minimum absolute atomic E-state index is 0.0297. The van der Waals surface area contributed by atoms with E-state index in [9.17, 15) is 9.59 Å². The van der Waals surface area contributed by atoms with Crippen molar-refractivity contribution in [2.24, 2.45) is 5.73 Å². The molecule has 0 aliphatic carbocycles. The molecule has 0 bridgehead atoms. The van der Waals surface area contributed by atoms with Crippen molar-refractivity contribution in [3.63, 3.8) is 0 Å². The molecule has 0 unspecified atom stereocenters. The number of anilines is 2. The number of likely N-dealkylation sites (N-methyl/N-ethyl adjacent to an activating group) is 1. The highest BCUT2D eigenvalue weighted by Gasteiger charge is 2.23. The zero-order chi connectivity index (χ0) is 30.0. The molecular formula is C34H44N6O3. The SMILES string of the molecule is CN1CCN(c2ccc(-c3cccc(CN(CCCN)C(=O)N4CCOCC4)c3)cc2NC(=O)Cc2ccccc2)CC1. The van der Waals surface area contributed by atoms with Crippen LogP contribution in [-0.2, 0) is 22.5 Å². The standard InChI is InChI=1S/C34H44N6O3/c1-37-15-17-38(18-16-37)32-12-11-30(25-31(32)36-33(41)24-27-7-3-2-4-8-27)29-10-5-9-28(23-29)26-40(14-6-13-35)34(42)39-19-21-43-22-20-39/h2-5,7-12,23,25H,6,13-22,24,26,35H2,1H3,(H,36,41). The molecule has 0 aromatic heterocycles. The van der Waals surface area contributed by atoms with Gasteiger partial charge in [0, 0.05) is 52.4 Å². The van der Waals surface area contributed by atoms with E-state index in [4.69, 9.17) is 10.5 Å². The number of nitrogens with two attached hydrogens (primary N) is 1. The molecule has 43 heavy (non-hydrogen) atoms. The van der Waals surface area contributed by atoms with Gasteiger partial charge in [0.25, 0.3) is 0 Å². The number of benzene rings is 3. The highest BCUT2D eigenvalue weighted by atomic mass is 16.5. The van der Waals surface area contributed by atoms with E-state index in [1.165, 1.54) is 0 Å². The molecule has 5 rings (SSSR count). The lowest BCUT2D eigenvalue weighted by atomic mass is 10.0. The maximum atomic E-state index is 13.4. The van der Waals surface area contributed by atoms with Gasteiger partial charge in [0.15, 0.2) is 0 Å². The van der Waals surface area contributed by atoms with Crippen LogP contribution in [0.1, 0.15) is 17.5 Å². The first-order valence-electron chi connectivity index (χ1n) is 15.3. The molecular weight excluding hydrogens is 540 g/mol. The van der Waals surface area contributed by atoms with Gasteiger partial charge in [0.1, 0.15) is 0 Å². The first-order chi connectivity index (χ1) is 21.0. The number of nitrogens with one attached hydrogen (secondary N) is 1. The molecule has 0 radical (unpaired) electrons. The van der Waals surface area contributed by atoms with Crippen molar-refractivity contribution in [2.75, 3.05) is 82.8 Å². The lowest BCUT2D eigenvalue weighted by molar-refractivity contribution is -0.115. The van der Waals surface area contributed by atoms with E-state index in [1.54, 1.807) is 0 Å². The molecule has 3 amide bonds. The number of piperazine rings is 1. The van der Waals surface area contributed by atoms with E-state index in [1.807, 2.05) is 46.2 Å². The number of carbonyl (C=O) groups excluding carboxylic acids is 2. The highest BCUT2D eigenvalue weighted by molar-refractivity contribution is 5.96. The summed E-state index contributed by atoms with van der Waals surface area (Å²) in [5, 5.41) is 3.22. The summed E-state index contributed by atoms with van der Waals surface area (Å²) in [7, 11) is 2.14. The summed E-state index contributed by atoms with van der Waals surface area (Å²) < 4.78 is 5.44. The smallest absolute Gasteiger partial charge is 0.320 e. The largest absolute Gasteiger partial charge is 0.378 e. The van der Waals surface area contributed by atoms with Crippen LogP contribution < -0.4 is 16.0 Å². The maximum Gasteiger partial charge on any atom is 0.320 e. The molecule has 0 spiro atoms. The van der Waals surface area contributed by atoms with Crippen molar-refractivity contribution in [1.29, 1.82) is 0 Å². The van der Waals surface area contributed by atoms with E-state index in [0.29, 0.717) is 52.4 Å². The Bertz CT molecular complexity index is 1350. The van der Waals surface area contributed by atoms with Gasteiger partial charge in [-0.05, 0) is 60.5 Å². The summed E-state index contributed by atoms with van der Waals surface area (Å²) in [6.45, 7) is 7.76. The van der Waals surface area contributed by atoms with Gasteiger partial charge in [-0.25, -0.2) is 4.79 Å². The molecule has 3 aromatic rings. The Kier molecular flexibility index (Phi) is 10.7. The molecule has 228 valence electrons. The highest BCUT2D eigenvalue weighted by Crippen LogP contribution is 2.33. The van der Waals surface area contributed by atoms with Crippen LogP contribution in [0.3, 0.4) is 0 Å². The van der Waals surface area contributed by atoms with Gasteiger partial charge < -0.3 is 35.4 Å². The average Bonchev–Trinajstić information content (AvgIpc) is 3.04. The Balaban J connectivity index is 1.38. The fourth-order valence-corrected chi connectivity index (χ4v) is 5.66. The molecule has 2 aliphatic heterocycles. The fourth-order valence-electron chi connectivity index (χ4n) is 5.66. The topological polar surface area (TPSA) is 94.4 Å². The van der Waals surface area contributed by atoms with Gasteiger partial charge in [-0.2, -0.15) is 0 Å². The monoisotopic (exact) mass is 584 g/mol. The van der Waals surface area contributed by atoms with Crippen molar-refractivity contribution in [2.45, 2.75) is 19.4 Å². The quantitative estimate of drug-likeness (QED) is 0.376. The predicted octanol–water partition coefficient (Wildman–Crippen LogP) is 3.89. The Labute approximate surface area is 255 Å². The third-order valence-corrected chi connectivity index (χ3v) is 8.14. The van der Waals surface area contributed by atoms with Crippen molar-refractivity contribution in [1.82, 2.24) is 14.7 Å². The summed E-state index contributed by atoms with van der Waals surface area (Å²) in [5.41, 5.74) is 11.8. The number of hydrogen-bond donors (Lipinski definition) is 2. The van der Waals surface area contributed by atoms with Gasteiger partial charge >= 0.3 is 6.03 Å². The van der Waals surface area contributed by atoms with Crippen LogP contribution in [0.25, 0.3) is 11.1 Å². The van der Waals surface area contributed by atoms with Gasteiger partial charge in [-0.1, -0.05) is 54.6 Å². The van der Waals surface area contributed by atoms with Crippen LogP contribution in [0.4, 0.5) is 16.2 Å². The Morgan fingerprint density at radius 3 is 2.33 bits per heavy atom. The summed E-state index contributed by atoms with van der Waals surface area (Å²) in [5.74, 6) is -0.0374. The third-order valence-electron chi connectivity index (χ3n) is 8.14. The van der Waals surface area contributed by atoms with E-state index < -0.39 is 0 Å². The van der Waals surface area contributed by atoms with E-state index in [0.717, 1.165) is 66.2 Å². The van der Waals surface area contributed by atoms with E-state index in [2.05, 4.69) is 58.6 Å². The van der Waals surface area contributed by atoms with Crippen LogP contribution in [0.2, 0.25) is 0 Å². The van der Waals surface area contributed by atoms with Crippen LogP contribution in [0, 0.1) is 0 Å². The van der Waals surface area contributed by atoms with Crippen molar-refractivity contribution < 1.29 is 14.3 Å². The number of hydrogen-bond acceptors (Lipinski definition) is 6. The summed E-state index contributed by atoms with van der Waals surface area (Å²) in [4.78, 5) is 35.0. The summed E-state index contributed by atoms with van der Waals surface area (Å²) in [6.07, 6.45) is 1.06.